The molecule has 8 nitrogen and oxygen atoms in total. The molecule has 0 saturated carbocycles. The first-order valence-corrected chi connectivity index (χ1v) is 10.6. The van der Waals surface area contributed by atoms with Crippen LogP contribution in [0.3, 0.4) is 0 Å². The second-order valence-electron chi connectivity index (χ2n) is 8.47. The molecule has 2 atom stereocenters. The maximum absolute atomic E-state index is 13.8. The van der Waals surface area contributed by atoms with E-state index in [9.17, 15) is 14.0 Å². The molecule has 0 unspecified atom stereocenters. The van der Waals surface area contributed by atoms with Gasteiger partial charge in [0.15, 0.2) is 5.69 Å². The number of benzene rings is 1. The fourth-order valence-corrected chi connectivity index (χ4v) is 4.42. The summed E-state index contributed by atoms with van der Waals surface area (Å²) in [5.41, 5.74) is 3.28. The van der Waals surface area contributed by atoms with Crippen molar-refractivity contribution in [2.45, 2.75) is 39.0 Å². The van der Waals surface area contributed by atoms with Crippen molar-refractivity contribution in [3.05, 3.63) is 47.3 Å². The van der Waals surface area contributed by atoms with Crippen LogP contribution in [0.1, 0.15) is 35.0 Å². The predicted octanol–water partition coefficient (Wildman–Crippen LogP) is 2.61. The van der Waals surface area contributed by atoms with Gasteiger partial charge in [0.2, 0.25) is 0 Å². The summed E-state index contributed by atoms with van der Waals surface area (Å²) < 4.78 is 14.9. The molecule has 2 saturated heterocycles. The highest BCUT2D eigenvalue weighted by Gasteiger charge is 2.30. The number of anilines is 1. The summed E-state index contributed by atoms with van der Waals surface area (Å²) in [6, 6.07) is 7.30. The summed E-state index contributed by atoms with van der Waals surface area (Å²) in [7, 11) is 0. The predicted molar refractivity (Wildman–Crippen MR) is 114 cm³/mol. The number of aromatic carboxylic acids is 1. The molecule has 1 aromatic carbocycles. The van der Waals surface area contributed by atoms with Crippen LogP contribution < -0.4 is 4.90 Å². The number of hydrogen-bond donors (Lipinski definition) is 1. The largest absolute Gasteiger partial charge is 0.476 e. The third-order valence-electron chi connectivity index (χ3n) is 6.07. The van der Waals surface area contributed by atoms with Crippen molar-refractivity contribution < 1.29 is 19.1 Å². The maximum atomic E-state index is 13.8. The number of carboxylic acid groups (broad SMARTS) is 1. The summed E-state index contributed by atoms with van der Waals surface area (Å²) in [5, 5.41) is 12.9. The normalized spacial score (nSPS) is 22.2. The second-order valence-corrected chi connectivity index (χ2v) is 8.47. The highest BCUT2D eigenvalue weighted by Crippen LogP contribution is 2.28. The molecule has 2 aliphatic heterocycles. The highest BCUT2D eigenvalue weighted by molar-refractivity contribution is 5.86. The maximum Gasteiger partial charge on any atom is 0.356 e. The molecule has 3 heterocycles. The summed E-state index contributed by atoms with van der Waals surface area (Å²) in [4.78, 5) is 30.0. The topological polar surface area (TPSA) is 81.9 Å². The van der Waals surface area contributed by atoms with Crippen molar-refractivity contribution in [2.75, 3.05) is 37.6 Å². The Balaban J connectivity index is 1.42. The molecule has 2 fully saturated rings. The van der Waals surface area contributed by atoms with Crippen molar-refractivity contribution in [2.24, 2.45) is 0 Å². The monoisotopic (exact) mass is 429 g/mol. The van der Waals surface area contributed by atoms with Crippen LogP contribution in [0.15, 0.2) is 30.5 Å². The Morgan fingerprint density at radius 3 is 2.65 bits per heavy atom. The average molecular weight is 429 g/mol. The number of piperazine rings is 1. The standard InChI is InChI=1S/C22H28FN5O3/c1-15-3-4-17(20(11-15)26-7-5-18(23)14-26)13-25-9-10-27(16(2)12-25)22(31)28-8-6-19(24-28)21(29)30/h3-4,6,8,11,16,18H,5,7,9-10,12-14H2,1-2H3,(H,29,30)/t16-,18+/m1/s1. The van der Waals surface area contributed by atoms with Crippen LogP contribution in [0, 0.1) is 6.92 Å². The van der Waals surface area contributed by atoms with Gasteiger partial charge in [-0.25, -0.2) is 14.0 Å². The second kappa shape index (κ2) is 8.66. The molecule has 1 aromatic heterocycles. The van der Waals surface area contributed by atoms with Crippen LogP contribution in [0.4, 0.5) is 14.9 Å². The van der Waals surface area contributed by atoms with Gasteiger partial charge in [-0.2, -0.15) is 9.78 Å². The molecule has 31 heavy (non-hydrogen) atoms. The van der Waals surface area contributed by atoms with Crippen LogP contribution in [0.5, 0.6) is 0 Å². The molecule has 0 aliphatic carbocycles. The van der Waals surface area contributed by atoms with Gasteiger partial charge < -0.3 is 14.9 Å². The number of hydrogen-bond acceptors (Lipinski definition) is 5. The number of carbonyl (C=O) groups excluding carboxylic acids is 1. The Morgan fingerprint density at radius 1 is 1.19 bits per heavy atom. The van der Waals surface area contributed by atoms with Gasteiger partial charge in [0.05, 0.1) is 0 Å². The fourth-order valence-electron chi connectivity index (χ4n) is 4.42. The minimum absolute atomic E-state index is 0.0466. The fraction of sp³-hybridized carbons (Fsp3) is 0.500. The lowest BCUT2D eigenvalue weighted by Crippen LogP contribution is -2.54. The third-order valence-corrected chi connectivity index (χ3v) is 6.07. The van der Waals surface area contributed by atoms with E-state index >= 15 is 0 Å². The number of aryl methyl sites for hydroxylation is 1. The first-order valence-electron chi connectivity index (χ1n) is 10.6. The number of carboxylic acids is 1. The summed E-state index contributed by atoms with van der Waals surface area (Å²) >= 11 is 0. The van der Waals surface area contributed by atoms with Crippen LogP contribution in [-0.4, -0.2) is 81.6 Å². The minimum atomic E-state index is -1.16. The third kappa shape index (κ3) is 4.56. The molecular formula is C22H28FN5O3. The van der Waals surface area contributed by atoms with Crippen LogP contribution >= 0.6 is 0 Å². The van der Waals surface area contributed by atoms with Crippen molar-refractivity contribution in [3.8, 4) is 0 Å². The minimum Gasteiger partial charge on any atom is -0.476 e. The first-order chi connectivity index (χ1) is 14.8. The molecule has 2 aliphatic rings. The number of carbonyl (C=O) groups is 2. The summed E-state index contributed by atoms with van der Waals surface area (Å²) in [6.07, 6.45) is 1.19. The zero-order valence-corrected chi connectivity index (χ0v) is 17.9. The molecule has 1 amide bonds. The molecular weight excluding hydrogens is 401 g/mol. The number of nitrogens with zero attached hydrogens (tertiary/aromatic N) is 5. The van der Waals surface area contributed by atoms with Gasteiger partial charge >= 0.3 is 12.0 Å². The molecule has 0 spiro atoms. The van der Waals surface area contributed by atoms with Gasteiger partial charge in [0.25, 0.3) is 0 Å². The number of halogens is 1. The Bertz CT molecular complexity index is 978. The zero-order chi connectivity index (χ0) is 22.1. The number of aromatic nitrogens is 2. The van der Waals surface area contributed by atoms with E-state index in [0.29, 0.717) is 32.6 Å². The van der Waals surface area contributed by atoms with Gasteiger partial charge in [0, 0.05) is 57.2 Å². The molecule has 1 N–H and O–H groups in total. The van der Waals surface area contributed by atoms with E-state index in [-0.39, 0.29) is 17.8 Å². The van der Waals surface area contributed by atoms with E-state index < -0.39 is 12.1 Å². The van der Waals surface area contributed by atoms with Crippen LogP contribution in [0.25, 0.3) is 0 Å². The number of alkyl halides is 1. The Morgan fingerprint density at radius 2 is 2.00 bits per heavy atom. The smallest absolute Gasteiger partial charge is 0.356 e. The van der Waals surface area contributed by atoms with Crippen molar-refractivity contribution >= 4 is 17.7 Å². The van der Waals surface area contributed by atoms with Crippen LogP contribution in [0.2, 0.25) is 0 Å². The summed E-state index contributed by atoms with van der Waals surface area (Å²) in [5.74, 6) is -1.16. The lowest BCUT2D eigenvalue weighted by molar-refractivity contribution is 0.0689. The van der Waals surface area contributed by atoms with Gasteiger partial charge in [-0.1, -0.05) is 12.1 Å². The Hall–Kier alpha value is -2.94. The van der Waals surface area contributed by atoms with Gasteiger partial charge in [-0.3, -0.25) is 4.90 Å². The molecule has 2 aromatic rings. The zero-order valence-electron chi connectivity index (χ0n) is 17.9. The molecule has 4 rings (SSSR count). The first kappa shape index (κ1) is 21.3. The average Bonchev–Trinajstić information content (AvgIpc) is 3.38. The Kier molecular flexibility index (Phi) is 5.95. The van der Waals surface area contributed by atoms with Crippen LogP contribution in [-0.2, 0) is 6.54 Å². The quantitative estimate of drug-likeness (QED) is 0.805. The highest BCUT2D eigenvalue weighted by atomic mass is 19.1. The van der Waals surface area contributed by atoms with E-state index in [0.717, 1.165) is 29.0 Å². The number of rotatable bonds is 4. The van der Waals surface area contributed by atoms with Crippen molar-refractivity contribution in [1.29, 1.82) is 0 Å². The molecule has 166 valence electrons. The van der Waals surface area contributed by atoms with E-state index in [4.69, 9.17) is 5.11 Å². The van der Waals surface area contributed by atoms with Gasteiger partial charge in [-0.15, -0.1) is 0 Å². The molecule has 9 heteroatoms. The number of amides is 1. The van der Waals surface area contributed by atoms with E-state index in [1.807, 2.05) is 13.8 Å². The van der Waals surface area contributed by atoms with Crippen molar-refractivity contribution in [3.63, 3.8) is 0 Å². The Labute approximate surface area is 180 Å². The SMILES string of the molecule is Cc1ccc(CN2CCN(C(=O)n3ccc(C(=O)O)n3)[C@H](C)C2)c(N2CC[C@H](F)C2)c1. The lowest BCUT2D eigenvalue weighted by Gasteiger charge is -2.40. The van der Waals surface area contributed by atoms with Gasteiger partial charge in [-0.05, 0) is 43.5 Å². The molecule has 0 radical (unpaired) electrons. The summed E-state index contributed by atoms with van der Waals surface area (Å²) in [6.45, 7) is 7.86. The lowest BCUT2D eigenvalue weighted by atomic mass is 10.1. The van der Waals surface area contributed by atoms with Gasteiger partial charge in [0.1, 0.15) is 6.17 Å². The van der Waals surface area contributed by atoms with E-state index in [2.05, 4.69) is 33.1 Å². The van der Waals surface area contributed by atoms with Crippen molar-refractivity contribution in [1.82, 2.24) is 19.6 Å². The van der Waals surface area contributed by atoms with E-state index in [1.54, 1.807) is 4.90 Å². The van der Waals surface area contributed by atoms with E-state index in [1.165, 1.54) is 17.8 Å². The molecule has 0 bridgehead atoms.